The summed E-state index contributed by atoms with van der Waals surface area (Å²) in [5.74, 6) is -1.39. The lowest BCUT2D eigenvalue weighted by molar-refractivity contribution is -0.141. The van der Waals surface area contributed by atoms with Crippen molar-refractivity contribution in [2.75, 3.05) is 13.2 Å². The normalized spacial score (nSPS) is 16.3. The lowest BCUT2D eigenvalue weighted by Gasteiger charge is -2.34. The van der Waals surface area contributed by atoms with Crippen LogP contribution in [-0.4, -0.2) is 40.8 Å². The number of hydrogen-bond acceptors (Lipinski definition) is 5. The van der Waals surface area contributed by atoms with Crippen molar-refractivity contribution in [3.05, 3.63) is 76.8 Å². The number of benzene rings is 1. The first-order valence-electron chi connectivity index (χ1n) is 10.3. The second-order valence-electron chi connectivity index (χ2n) is 7.47. The van der Waals surface area contributed by atoms with E-state index in [0.29, 0.717) is 11.3 Å². The van der Waals surface area contributed by atoms with Crippen LogP contribution < -0.4 is 5.32 Å². The van der Waals surface area contributed by atoms with Crippen LogP contribution in [0.4, 0.5) is 0 Å². The summed E-state index contributed by atoms with van der Waals surface area (Å²) in [6.45, 7) is 5.73. The third-order valence-corrected chi connectivity index (χ3v) is 5.26. The molecule has 7 heteroatoms. The van der Waals surface area contributed by atoms with E-state index >= 15 is 0 Å². The molecule has 0 aliphatic carbocycles. The van der Waals surface area contributed by atoms with Gasteiger partial charge >= 0.3 is 5.97 Å². The topological polar surface area (TPSA) is 88.6 Å². The molecule has 2 aromatic rings. The molecule has 0 bridgehead atoms. The Labute approximate surface area is 182 Å². The molecule has 1 atom stereocenters. The fraction of sp³-hybridized carbons (Fsp3) is 0.333. The molecule has 7 nitrogen and oxygen atoms in total. The van der Waals surface area contributed by atoms with E-state index in [1.165, 1.54) is 4.90 Å². The molecule has 1 N–H and O–H groups in total. The van der Waals surface area contributed by atoms with Gasteiger partial charge < -0.3 is 15.0 Å². The van der Waals surface area contributed by atoms with Gasteiger partial charge in [-0.25, -0.2) is 4.79 Å². The molecule has 1 aliphatic heterocycles. The fourth-order valence-electron chi connectivity index (χ4n) is 3.74. The third-order valence-electron chi connectivity index (χ3n) is 5.26. The van der Waals surface area contributed by atoms with Gasteiger partial charge in [0, 0.05) is 24.2 Å². The molecule has 0 radical (unpaired) electrons. The number of ether oxygens (including phenoxy) is 1. The molecular formula is C24H27N3O4. The smallest absolute Gasteiger partial charge is 0.336 e. The molecule has 0 saturated carbocycles. The summed E-state index contributed by atoms with van der Waals surface area (Å²) >= 11 is 0. The van der Waals surface area contributed by atoms with E-state index in [2.05, 4.69) is 10.3 Å². The van der Waals surface area contributed by atoms with E-state index < -0.39 is 11.9 Å². The molecule has 1 aromatic heterocycles. The van der Waals surface area contributed by atoms with Crippen molar-refractivity contribution in [2.24, 2.45) is 0 Å². The van der Waals surface area contributed by atoms with Gasteiger partial charge in [0.05, 0.1) is 24.4 Å². The lowest BCUT2D eigenvalue weighted by Crippen LogP contribution is -2.44. The van der Waals surface area contributed by atoms with E-state index in [9.17, 15) is 14.4 Å². The lowest BCUT2D eigenvalue weighted by atomic mass is 9.83. The Morgan fingerprint density at radius 3 is 2.68 bits per heavy atom. The Morgan fingerprint density at radius 2 is 2.00 bits per heavy atom. The van der Waals surface area contributed by atoms with Crippen molar-refractivity contribution in [3.63, 3.8) is 0 Å². The number of aromatic nitrogens is 1. The third kappa shape index (κ3) is 5.36. The average Bonchev–Trinajstić information content (AvgIpc) is 2.75. The summed E-state index contributed by atoms with van der Waals surface area (Å²) in [6, 6.07) is 13.2. The summed E-state index contributed by atoms with van der Waals surface area (Å²) in [7, 11) is 0. The first-order valence-corrected chi connectivity index (χ1v) is 10.3. The van der Waals surface area contributed by atoms with E-state index in [4.69, 9.17) is 4.74 Å². The molecule has 162 valence electrons. The quantitative estimate of drug-likeness (QED) is 0.695. The van der Waals surface area contributed by atoms with Gasteiger partial charge in [-0.3, -0.25) is 14.6 Å². The molecule has 3 rings (SSSR count). The number of carbonyl (C=O) groups is 3. The highest BCUT2D eigenvalue weighted by molar-refractivity contribution is 5.97. The Morgan fingerprint density at radius 1 is 1.19 bits per heavy atom. The van der Waals surface area contributed by atoms with E-state index in [-0.39, 0.29) is 37.9 Å². The minimum Gasteiger partial charge on any atom is -0.463 e. The highest BCUT2D eigenvalue weighted by Crippen LogP contribution is 2.37. The van der Waals surface area contributed by atoms with Gasteiger partial charge in [-0.2, -0.15) is 0 Å². The first kappa shape index (κ1) is 22.2. The summed E-state index contributed by atoms with van der Waals surface area (Å²) in [5, 5.41) is 2.77. The molecule has 0 saturated heterocycles. The van der Waals surface area contributed by atoms with Gasteiger partial charge in [-0.15, -0.1) is 0 Å². The van der Waals surface area contributed by atoms with E-state index in [1.54, 1.807) is 26.1 Å². The second kappa shape index (κ2) is 10.0. The number of rotatable bonds is 7. The van der Waals surface area contributed by atoms with Crippen LogP contribution in [-0.2, 0) is 25.7 Å². The van der Waals surface area contributed by atoms with Crippen LogP contribution in [0.5, 0.6) is 0 Å². The zero-order valence-electron chi connectivity index (χ0n) is 18.1. The maximum Gasteiger partial charge on any atom is 0.336 e. The van der Waals surface area contributed by atoms with Crippen LogP contribution in [0.15, 0.2) is 59.9 Å². The molecule has 1 aliphatic rings. The van der Waals surface area contributed by atoms with E-state index in [1.807, 2.05) is 43.3 Å². The number of esters is 1. The molecule has 2 heterocycles. The van der Waals surface area contributed by atoms with Crippen LogP contribution in [0.3, 0.4) is 0 Å². The summed E-state index contributed by atoms with van der Waals surface area (Å²) in [5.41, 5.74) is 3.52. The van der Waals surface area contributed by atoms with Crippen molar-refractivity contribution in [2.45, 2.75) is 39.7 Å². The van der Waals surface area contributed by atoms with Gasteiger partial charge in [-0.1, -0.05) is 35.9 Å². The number of nitrogens with zero attached hydrogens (tertiary/aromatic N) is 2. The number of hydrogen-bond donors (Lipinski definition) is 1. The number of carbonyl (C=O) groups excluding carboxylic acids is 3. The number of amides is 2. The molecule has 0 spiro atoms. The Balaban J connectivity index is 1.84. The highest BCUT2D eigenvalue weighted by Gasteiger charge is 2.37. The number of aryl methyl sites for hydroxylation is 1. The van der Waals surface area contributed by atoms with Crippen LogP contribution in [0, 0.1) is 6.92 Å². The maximum absolute atomic E-state index is 13.0. The minimum atomic E-state index is -0.460. The second-order valence-corrected chi connectivity index (χ2v) is 7.47. The van der Waals surface area contributed by atoms with Gasteiger partial charge in [0.15, 0.2) is 0 Å². The van der Waals surface area contributed by atoms with E-state index in [0.717, 1.165) is 16.8 Å². The van der Waals surface area contributed by atoms with Crippen LogP contribution in [0.2, 0.25) is 0 Å². The van der Waals surface area contributed by atoms with Crippen molar-refractivity contribution in [1.29, 1.82) is 0 Å². The molecule has 31 heavy (non-hydrogen) atoms. The first-order chi connectivity index (χ1) is 14.9. The maximum atomic E-state index is 13.0. The zero-order chi connectivity index (χ0) is 22.4. The molecule has 0 fully saturated rings. The summed E-state index contributed by atoms with van der Waals surface area (Å²) in [6.07, 6.45) is 1.75. The molecule has 1 aromatic carbocycles. The van der Waals surface area contributed by atoms with Crippen molar-refractivity contribution in [1.82, 2.24) is 15.2 Å². The van der Waals surface area contributed by atoms with Crippen molar-refractivity contribution in [3.8, 4) is 0 Å². The van der Waals surface area contributed by atoms with Crippen molar-refractivity contribution >= 4 is 17.8 Å². The molecule has 1 unspecified atom stereocenters. The predicted molar refractivity (Wildman–Crippen MR) is 116 cm³/mol. The van der Waals surface area contributed by atoms with Crippen LogP contribution in [0.25, 0.3) is 0 Å². The Kier molecular flexibility index (Phi) is 7.18. The number of pyridine rings is 1. The average molecular weight is 421 g/mol. The Hall–Kier alpha value is -3.48. The number of nitrogens with one attached hydrogen (secondary N) is 1. The van der Waals surface area contributed by atoms with Gasteiger partial charge in [-0.05, 0) is 38.5 Å². The van der Waals surface area contributed by atoms with Gasteiger partial charge in [0.1, 0.15) is 6.54 Å². The minimum absolute atomic E-state index is 0.0997. The fourth-order valence-corrected chi connectivity index (χ4v) is 3.74. The summed E-state index contributed by atoms with van der Waals surface area (Å²) in [4.78, 5) is 43.8. The highest BCUT2D eigenvalue weighted by atomic mass is 16.5. The summed E-state index contributed by atoms with van der Waals surface area (Å²) < 4.78 is 5.28. The molecule has 2 amide bonds. The Bertz CT molecular complexity index is 1000. The standard InChI is InChI=1S/C24H27N3O4/c1-4-31-24(30)23-17(3)27(15-21(28)26-14-19-10-5-6-11-25-19)22(29)13-20(23)18-9-7-8-16(2)12-18/h5-12,20H,4,13-15H2,1-3H3,(H,26,28). The SMILES string of the molecule is CCOC(=O)C1=C(C)N(CC(=O)NCc2ccccn2)C(=O)CC1c1cccc(C)c1. The van der Waals surface area contributed by atoms with Gasteiger partial charge in [0.25, 0.3) is 0 Å². The largest absolute Gasteiger partial charge is 0.463 e. The molecular weight excluding hydrogens is 394 g/mol. The van der Waals surface area contributed by atoms with Crippen LogP contribution >= 0.6 is 0 Å². The predicted octanol–water partition coefficient (Wildman–Crippen LogP) is 2.86. The monoisotopic (exact) mass is 421 g/mol. The zero-order valence-corrected chi connectivity index (χ0v) is 18.1. The number of allylic oxidation sites excluding steroid dienone is 1. The van der Waals surface area contributed by atoms with Gasteiger partial charge in [0.2, 0.25) is 11.8 Å². The van der Waals surface area contributed by atoms with Crippen molar-refractivity contribution < 1.29 is 19.1 Å². The van der Waals surface area contributed by atoms with Crippen LogP contribution in [0.1, 0.15) is 43.0 Å².